The second kappa shape index (κ2) is 13.2. The molecule has 0 bridgehead atoms. The number of hydrogen-bond acceptors (Lipinski definition) is 5. The third kappa shape index (κ3) is 7.13. The maximum absolute atomic E-state index is 13.1. The maximum atomic E-state index is 13.1. The van der Waals surface area contributed by atoms with Crippen molar-refractivity contribution in [2.24, 2.45) is 0 Å². The van der Waals surface area contributed by atoms with E-state index in [1.807, 2.05) is 0 Å². The molecule has 2 aliphatic rings. The number of amides is 1. The Kier molecular flexibility index (Phi) is 9.91. The molecule has 1 N–H and O–H groups in total. The Morgan fingerprint density at radius 2 is 1.77 bits per heavy atom. The normalized spacial score (nSPS) is 20.1. The number of carbonyl (C=O) groups excluding carboxylic acids is 1. The van der Waals surface area contributed by atoms with Gasteiger partial charge in [0.25, 0.3) is 5.91 Å². The van der Waals surface area contributed by atoms with Gasteiger partial charge in [0.15, 0.2) is 0 Å². The van der Waals surface area contributed by atoms with Crippen molar-refractivity contribution >= 4 is 5.91 Å². The summed E-state index contributed by atoms with van der Waals surface area (Å²) in [6.07, 6.45) is -0.297. The highest BCUT2D eigenvalue weighted by molar-refractivity contribution is 5.94. The van der Waals surface area contributed by atoms with Gasteiger partial charge < -0.3 is 19.7 Å². The van der Waals surface area contributed by atoms with E-state index in [1.165, 1.54) is 23.3 Å². The standard InChI is InChI=1S/C30H40F3N3O3/c1-21-22(2)28(39-19-15-34-14-5-18-38-3)13-12-26(21)27-7-4-6-25-20-35(16-17-36(25)27)29(37)23-8-10-24(11-9-23)30(31,32)33/h8-13,25,27,34H,4-7,14-20H2,1-3H3. The molecule has 2 aliphatic heterocycles. The summed E-state index contributed by atoms with van der Waals surface area (Å²) in [5.74, 6) is 0.710. The van der Waals surface area contributed by atoms with Gasteiger partial charge in [-0.25, -0.2) is 0 Å². The molecule has 0 spiro atoms. The summed E-state index contributed by atoms with van der Waals surface area (Å²) in [6.45, 7) is 9.20. The highest BCUT2D eigenvalue weighted by Crippen LogP contribution is 2.39. The molecule has 0 aliphatic carbocycles. The van der Waals surface area contributed by atoms with E-state index in [1.54, 1.807) is 12.0 Å². The minimum Gasteiger partial charge on any atom is -0.492 e. The molecule has 2 aromatic rings. The van der Waals surface area contributed by atoms with Crippen molar-refractivity contribution in [2.75, 3.05) is 53.0 Å². The van der Waals surface area contributed by atoms with Crippen molar-refractivity contribution < 1.29 is 27.4 Å². The minimum absolute atomic E-state index is 0.202. The summed E-state index contributed by atoms with van der Waals surface area (Å²) in [5.41, 5.74) is 3.27. The van der Waals surface area contributed by atoms with Crippen molar-refractivity contribution in [1.29, 1.82) is 0 Å². The van der Waals surface area contributed by atoms with E-state index in [2.05, 4.69) is 36.2 Å². The number of nitrogens with one attached hydrogen (secondary N) is 1. The molecule has 0 saturated carbocycles. The average Bonchev–Trinajstić information content (AvgIpc) is 2.93. The van der Waals surface area contributed by atoms with Crippen LogP contribution in [0.15, 0.2) is 36.4 Å². The lowest BCUT2D eigenvalue weighted by molar-refractivity contribution is -0.137. The zero-order chi connectivity index (χ0) is 28.0. The van der Waals surface area contributed by atoms with Gasteiger partial charge in [0, 0.05) is 57.5 Å². The van der Waals surface area contributed by atoms with Crippen LogP contribution in [-0.2, 0) is 10.9 Å². The quantitative estimate of drug-likeness (QED) is 0.405. The molecule has 4 rings (SSSR count). The number of hydrogen-bond donors (Lipinski definition) is 1. The fourth-order valence-corrected chi connectivity index (χ4v) is 5.79. The first-order valence-corrected chi connectivity index (χ1v) is 13.9. The maximum Gasteiger partial charge on any atom is 0.416 e. The van der Waals surface area contributed by atoms with Crippen molar-refractivity contribution in [2.45, 2.75) is 57.8 Å². The molecule has 0 aromatic heterocycles. The monoisotopic (exact) mass is 547 g/mol. The van der Waals surface area contributed by atoms with Gasteiger partial charge in [0.05, 0.1) is 5.56 Å². The van der Waals surface area contributed by atoms with Crippen molar-refractivity contribution in [3.63, 3.8) is 0 Å². The van der Waals surface area contributed by atoms with Gasteiger partial charge in [0.1, 0.15) is 12.4 Å². The van der Waals surface area contributed by atoms with E-state index in [9.17, 15) is 18.0 Å². The summed E-state index contributed by atoms with van der Waals surface area (Å²) >= 11 is 0. The molecule has 2 atom stereocenters. The van der Waals surface area contributed by atoms with E-state index in [4.69, 9.17) is 9.47 Å². The predicted molar refractivity (Wildman–Crippen MR) is 145 cm³/mol. The summed E-state index contributed by atoms with van der Waals surface area (Å²) in [7, 11) is 1.71. The Balaban J connectivity index is 1.36. The predicted octanol–water partition coefficient (Wildman–Crippen LogP) is 5.38. The first-order chi connectivity index (χ1) is 18.7. The Bertz CT molecular complexity index is 1110. The minimum atomic E-state index is -4.41. The van der Waals surface area contributed by atoms with Crippen LogP contribution in [-0.4, -0.2) is 74.8 Å². The molecule has 2 unspecified atom stereocenters. The van der Waals surface area contributed by atoms with Gasteiger partial charge in [-0.3, -0.25) is 9.69 Å². The summed E-state index contributed by atoms with van der Waals surface area (Å²) in [6, 6.07) is 9.32. The SMILES string of the molecule is COCCCNCCOc1ccc(C2CCCC3CN(C(=O)c4ccc(C(F)(F)F)cc4)CCN32)c(C)c1C. The average molecular weight is 548 g/mol. The highest BCUT2D eigenvalue weighted by atomic mass is 19.4. The molecule has 0 radical (unpaired) electrons. The van der Waals surface area contributed by atoms with Crippen LogP contribution in [0.1, 0.15) is 64.3 Å². The van der Waals surface area contributed by atoms with Gasteiger partial charge >= 0.3 is 6.18 Å². The summed E-state index contributed by atoms with van der Waals surface area (Å²) in [4.78, 5) is 17.4. The number of rotatable bonds is 10. The van der Waals surface area contributed by atoms with E-state index in [0.717, 1.165) is 75.4 Å². The third-order valence-corrected chi connectivity index (χ3v) is 8.07. The molecule has 214 valence electrons. The Labute approximate surface area is 229 Å². The number of piperidine rings is 1. The zero-order valence-electron chi connectivity index (χ0n) is 23.2. The van der Waals surface area contributed by atoms with E-state index < -0.39 is 11.7 Å². The van der Waals surface area contributed by atoms with Crippen LogP contribution in [0.4, 0.5) is 13.2 Å². The van der Waals surface area contributed by atoms with Crippen molar-refractivity contribution in [1.82, 2.24) is 15.1 Å². The van der Waals surface area contributed by atoms with Crippen LogP contribution in [0, 0.1) is 13.8 Å². The second-order valence-electron chi connectivity index (χ2n) is 10.5. The molecule has 9 heteroatoms. The Morgan fingerprint density at radius 1 is 1.00 bits per heavy atom. The van der Waals surface area contributed by atoms with E-state index in [-0.39, 0.29) is 18.0 Å². The first-order valence-electron chi connectivity index (χ1n) is 13.9. The number of nitrogens with zero attached hydrogens (tertiary/aromatic N) is 2. The van der Waals surface area contributed by atoms with Crippen LogP contribution >= 0.6 is 0 Å². The number of alkyl halides is 3. The molecular weight excluding hydrogens is 507 g/mol. The van der Waals surface area contributed by atoms with Crippen LogP contribution in [0.3, 0.4) is 0 Å². The first kappa shape index (κ1) is 29.4. The van der Waals surface area contributed by atoms with Gasteiger partial charge in [0.2, 0.25) is 0 Å². The van der Waals surface area contributed by atoms with Crippen molar-refractivity contribution in [3.05, 3.63) is 64.2 Å². The fraction of sp³-hybridized carbons (Fsp3) is 0.567. The third-order valence-electron chi connectivity index (χ3n) is 8.07. The summed E-state index contributed by atoms with van der Waals surface area (Å²) < 4.78 is 49.9. The van der Waals surface area contributed by atoms with Crippen molar-refractivity contribution in [3.8, 4) is 5.75 Å². The molecular formula is C30H40F3N3O3. The van der Waals surface area contributed by atoms with Gasteiger partial charge in [-0.2, -0.15) is 13.2 Å². The lowest BCUT2D eigenvalue weighted by atomic mass is 9.86. The molecule has 6 nitrogen and oxygen atoms in total. The lowest BCUT2D eigenvalue weighted by Gasteiger charge is -2.49. The molecule has 2 fully saturated rings. The fourth-order valence-electron chi connectivity index (χ4n) is 5.79. The van der Waals surface area contributed by atoms with Gasteiger partial charge in [-0.05, 0) is 93.1 Å². The molecule has 2 aromatic carbocycles. The number of benzene rings is 2. The molecule has 39 heavy (non-hydrogen) atoms. The van der Waals surface area contributed by atoms with Crippen LogP contribution in [0.5, 0.6) is 5.75 Å². The number of methoxy groups -OCH3 is 1. The highest BCUT2D eigenvalue weighted by Gasteiger charge is 2.38. The van der Waals surface area contributed by atoms with Crippen LogP contribution < -0.4 is 10.1 Å². The number of carbonyl (C=O) groups is 1. The van der Waals surface area contributed by atoms with Gasteiger partial charge in [-0.15, -0.1) is 0 Å². The van der Waals surface area contributed by atoms with E-state index in [0.29, 0.717) is 25.3 Å². The molecule has 2 saturated heterocycles. The number of halogens is 3. The second-order valence-corrected chi connectivity index (χ2v) is 10.5. The Morgan fingerprint density at radius 3 is 2.49 bits per heavy atom. The largest absolute Gasteiger partial charge is 0.492 e. The van der Waals surface area contributed by atoms with Gasteiger partial charge in [-0.1, -0.05) is 6.07 Å². The number of piperazine rings is 1. The van der Waals surface area contributed by atoms with E-state index >= 15 is 0 Å². The molecule has 1 amide bonds. The smallest absolute Gasteiger partial charge is 0.416 e. The molecule has 2 heterocycles. The zero-order valence-corrected chi connectivity index (χ0v) is 23.2. The topological polar surface area (TPSA) is 54.0 Å². The van der Waals surface area contributed by atoms with Crippen LogP contribution in [0.25, 0.3) is 0 Å². The number of ether oxygens (including phenoxy) is 2. The van der Waals surface area contributed by atoms with Crippen LogP contribution in [0.2, 0.25) is 0 Å². The lowest BCUT2D eigenvalue weighted by Crippen LogP contribution is -2.57. The Hall–Kier alpha value is -2.62. The summed E-state index contributed by atoms with van der Waals surface area (Å²) in [5, 5.41) is 3.36. The number of fused-ring (bicyclic) bond motifs is 1.